The summed E-state index contributed by atoms with van der Waals surface area (Å²) in [7, 11) is 0. The van der Waals surface area contributed by atoms with Gasteiger partial charge < -0.3 is 9.47 Å². The monoisotopic (exact) mass is 364 g/mol. The number of amides is 1. The van der Waals surface area contributed by atoms with Gasteiger partial charge in [-0.15, -0.1) is 0 Å². The van der Waals surface area contributed by atoms with E-state index >= 15 is 0 Å². The van der Waals surface area contributed by atoms with Crippen LogP contribution in [0.4, 0.5) is 13.2 Å². The predicted octanol–water partition coefficient (Wildman–Crippen LogP) is 3.39. The zero-order valence-corrected chi connectivity index (χ0v) is 13.7. The van der Waals surface area contributed by atoms with E-state index in [-0.39, 0.29) is 17.9 Å². The van der Waals surface area contributed by atoms with E-state index < -0.39 is 23.8 Å². The molecule has 0 aliphatic carbocycles. The first-order valence-corrected chi connectivity index (χ1v) is 7.75. The van der Waals surface area contributed by atoms with E-state index in [0.717, 1.165) is 12.1 Å². The molecule has 8 heteroatoms. The number of para-hydroxylation sites is 2. The van der Waals surface area contributed by atoms with E-state index in [1.807, 2.05) is 0 Å². The van der Waals surface area contributed by atoms with E-state index in [1.165, 1.54) is 19.1 Å². The molecule has 0 aromatic heterocycles. The molecular formula is C18H15F3N2O3. The highest BCUT2D eigenvalue weighted by Crippen LogP contribution is 2.31. The Morgan fingerprint density at radius 2 is 1.88 bits per heavy atom. The Hall–Kier alpha value is -3.03. The minimum absolute atomic E-state index is 0.0149. The van der Waals surface area contributed by atoms with Gasteiger partial charge in [0.1, 0.15) is 6.61 Å². The van der Waals surface area contributed by atoms with Gasteiger partial charge in [0.05, 0.1) is 11.3 Å². The van der Waals surface area contributed by atoms with Gasteiger partial charge in [0.15, 0.2) is 11.5 Å². The normalized spacial score (nSPS) is 16.9. The van der Waals surface area contributed by atoms with Gasteiger partial charge >= 0.3 is 6.18 Å². The SMILES string of the molecule is C/C(=N/NC(=O)[C@H]1COc2ccccc2O1)c1cccc(C(F)(F)F)c1. The number of carbonyl (C=O) groups is 1. The zero-order chi connectivity index (χ0) is 18.7. The molecule has 2 aromatic carbocycles. The van der Waals surface area contributed by atoms with Gasteiger partial charge in [-0.05, 0) is 36.8 Å². The summed E-state index contributed by atoms with van der Waals surface area (Å²) in [6.45, 7) is 1.52. The highest BCUT2D eigenvalue weighted by atomic mass is 19.4. The second-order valence-electron chi connectivity index (χ2n) is 5.62. The van der Waals surface area contributed by atoms with Crippen LogP contribution in [0.3, 0.4) is 0 Å². The summed E-state index contributed by atoms with van der Waals surface area (Å²) in [4.78, 5) is 12.2. The van der Waals surface area contributed by atoms with Gasteiger partial charge in [-0.25, -0.2) is 5.43 Å². The molecule has 1 heterocycles. The maximum atomic E-state index is 12.8. The molecule has 2 aromatic rings. The maximum absolute atomic E-state index is 12.8. The van der Waals surface area contributed by atoms with E-state index in [4.69, 9.17) is 9.47 Å². The summed E-state index contributed by atoms with van der Waals surface area (Å²) in [5.74, 6) is 0.434. The average molecular weight is 364 g/mol. The molecule has 1 N–H and O–H groups in total. The second kappa shape index (κ2) is 7.07. The Morgan fingerprint density at radius 3 is 2.62 bits per heavy atom. The molecule has 3 rings (SSSR count). The lowest BCUT2D eigenvalue weighted by molar-refractivity contribution is -0.137. The molecule has 5 nitrogen and oxygen atoms in total. The molecule has 0 saturated heterocycles. The molecule has 0 fully saturated rings. The summed E-state index contributed by atoms with van der Waals surface area (Å²) in [6.07, 6.45) is -5.34. The first kappa shape index (κ1) is 17.8. The second-order valence-corrected chi connectivity index (χ2v) is 5.62. The van der Waals surface area contributed by atoms with Crippen LogP contribution in [0.1, 0.15) is 18.1 Å². The third-order valence-electron chi connectivity index (χ3n) is 3.74. The van der Waals surface area contributed by atoms with Crippen LogP contribution in [-0.4, -0.2) is 24.3 Å². The molecule has 136 valence electrons. The number of hydrogen-bond donors (Lipinski definition) is 1. The van der Waals surface area contributed by atoms with Gasteiger partial charge in [0, 0.05) is 0 Å². The van der Waals surface area contributed by atoms with Crippen LogP contribution in [-0.2, 0) is 11.0 Å². The molecule has 0 saturated carbocycles. The molecule has 26 heavy (non-hydrogen) atoms. The molecular weight excluding hydrogens is 349 g/mol. The molecule has 1 atom stereocenters. The highest BCUT2D eigenvalue weighted by Gasteiger charge is 2.30. The number of fused-ring (bicyclic) bond motifs is 1. The molecule has 0 radical (unpaired) electrons. The molecule has 0 unspecified atom stereocenters. The fourth-order valence-corrected chi connectivity index (χ4v) is 2.34. The first-order chi connectivity index (χ1) is 12.3. The number of halogens is 3. The van der Waals surface area contributed by atoms with Crippen molar-refractivity contribution in [1.29, 1.82) is 0 Å². The number of nitrogens with zero attached hydrogens (tertiary/aromatic N) is 1. The van der Waals surface area contributed by atoms with Crippen LogP contribution in [0.2, 0.25) is 0 Å². The highest BCUT2D eigenvalue weighted by molar-refractivity contribution is 5.99. The maximum Gasteiger partial charge on any atom is 0.416 e. The average Bonchev–Trinajstić information content (AvgIpc) is 2.64. The molecule has 1 amide bonds. The van der Waals surface area contributed by atoms with E-state index in [9.17, 15) is 18.0 Å². The van der Waals surface area contributed by atoms with Crippen molar-refractivity contribution in [3.8, 4) is 11.5 Å². The topological polar surface area (TPSA) is 59.9 Å². The largest absolute Gasteiger partial charge is 0.485 e. The Balaban J connectivity index is 1.67. The number of alkyl halides is 3. The van der Waals surface area contributed by atoms with Crippen molar-refractivity contribution in [3.05, 3.63) is 59.7 Å². The molecule has 0 bridgehead atoms. The number of benzene rings is 2. The van der Waals surface area contributed by atoms with Crippen LogP contribution < -0.4 is 14.9 Å². The van der Waals surface area contributed by atoms with Gasteiger partial charge in [0.25, 0.3) is 5.91 Å². The fraction of sp³-hybridized carbons (Fsp3) is 0.222. The molecule has 1 aliphatic heterocycles. The number of hydrogen-bond acceptors (Lipinski definition) is 4. The Bertz CT molecular complexity index is 850. The van der Waals surface area contributed by atoms with Crippen LogP contribution in [0.5, 0.6) is 11.5 Å². The lowest BCUT2D eigenvalue weighted by Gasteiger charge is -2.24. The Kier molecular flexibility index (Phi) is 4.83. The lowest BCUT2D eigenvalue weighted by atomic mass is 10.1. The summed E-state index contributed by atoms with van der Waals surface area (Å²) in [6, 6.07) is 11.6. The number of hydrazone groups is 1. The van der Waals surface area contributed by atoms with Crippen LogP contribution in [0.25, 0.3) is 0 Å². The summed E-state index contributed by atoms with van der Waals surface area (Å²) >= 11 is 0. The number of rotatable bonds is 3. The van der Waals surface area contributed by atoms with Gasteiger partial charge in [-0.1, -0.05) is 24.3 Å². The summed E-state index contributed by atoms with van der Waals surface area (Å²) < 4.78 is 49.3. The van der Waals surface area contributed by atoms with Crippen molar-refractivity contribution < 1.29 is 27.4 Å². The van der Waals surface area contributed by atoms with Crippen molar-refractivity contribution in [1.82, 2.24) is 5.43 Å². The number of ether oxygens (including phenoxy) is 2. The zero-order valence-electron chi connectivity index (χ0n) is 13.7. The van der Waals surface area contributed by atoms with Crippen LogP contribution in [0, 0.1) is 0 Å². The van der Waals surface area contributed by atoms with Crippen LogP contribution in [0.15, 0.2) is 53.6 Å². The smallest absolute Gasteiger partial charge is 0.416 e. The quantitative estimate of drug-likeness (QED) is 0.671. The Morgan fingerprint density at radius 1 is 1.15 bits per heavy atom. The molecule has 1 aliphatic rings. The third-order valence-corrected chi connectivity index (χ3v) is 3.74. The summed E-state index contributed by atoms with van der Waals surface area (Å²) in [5, 5.41) is 3.86. The third kappa shape index (κ3) is 3.96. The predicted molar refractivity (Wildman–Crippen MR) is 88.2 cm³/mol. The van der Waals surface area contributed by atoms with E-state index in [2.05, 4.69) is 10.5 Å². The van der Waals surface area contributed by atoms with Gasteiger partial charge in [-0.3, -0.25) is 4.79 Å². The van der Waals surface area contributed by atoms with Crippen molar-refractivity contribution in [2.75, 3.05) is 6.61 Å². The van der Waals surface area contributed by atoms with Crippen molar-refractivity contribution >= 4 is 11.6 Å². The first-order valence-electron chi connectivity index (χ1n) is 7.75. The van der Waals surface area contributed by atoms with E-state index in [1.54, 1.807) is 24.3 Å². The summed E-state index contributed by atoms with van der Waals surface area (Å²) in [5.41, 5.74) is 2.01. The number of carbonyl (C=O) groups excluding carboxylic acids is 1. The minimum atomic E-state index is -4.44. The molecule has 0 spiro atoms. The fourth-order valence-electron chi connectivity index (χ4n) is 2.34. The standard InChI is InChI=1S/C18H15F3N2O3/c1-11(12-5-4-6-13(9-12)18(19,20)21)22-23-17(24)16-10-25-14-7-2-3-8-15(14)26-16/h2-9,16H,10H2,1H3,(H,23,24)/b22-11-/t16-/m1/s1. The van der Waals surface area contributed by atoms with Crippen molar-refractivity contribution in [2.45, 2.75) is 19.2 Å². The minimum Gasteiger partial charge on any atom is -0.485 e. The van der Waals surface area contributed by atoms with Crippen molar-refractivity contribution in [2.24, 2.45) is 5.10 Å². The van der Waals surface area contributed by atoms with Crippen LogP contribution >= 0.6 is 0 Å². The van der Waals surface area contributed by atoms with Crippen molar-refractivity contribution in [3.63, 3.8) is 0 Å². The van der Waals surface area contributed by atoms with Gasteiger partial charge in [-0.2, -0.15) is 18.3 Å². The van der Waals surface area contributed by atoms with Gasteiger partial charge in [0.2, 0.25) is 6.10 Å². The number of nitrogens with one attached hydrogen (secondary N) is 1. The van der Waals surface area contributed by atoms with E-state index in [0.29, 0.717) is 11.5 Å². The Labute approximate surface area is 147 Å². The lowest BCUT2D eigenvalue weighted by Crippen LogP contribution is -2.42.